The maximum atomic E-state index is 11.7. The third kappa shape index (κ3) is 7.39. The summed E-state index contributed by atoms with van der Waals surface area (Å²) in [6.07, 6.45) is -0.609. The average Bonchev–Trinajstić information content (AvgIpc) is 2.44. The van der Waals surface area contributed by atoms with Crippen molar-refractivity contribution in [1.29, 1.82) is 0 Å². The normalized spacial score (nSPS) is 11.1. The number of thioether (sulfide) groups is 1. The summed E-state index contributed by atoms with van der Waals surface area (Å²) < 4.78 is 2.28. The van der Waals surface area contributed by atoms with Crippen LogP contribution in [-0.4, -0.2) is 34.1 Å². The topological polar surface area (TPSA) is 85.0 Å². The Labute approximate surface area is 139 Å². The number of hydrogen-bond acceptors (Lipinski definition) is 6. The van der Waals surface area contributed by atoms with Crippen molar-refractivity contribution < 1.29 is 14.4 Å². The van der Waals surface area contributed by atoms with Gasteiger partial charge in [-0.1, -0.05) is 32.8 Å². The molecule has 0 aromatic heterocycles. The lowest BCUT2D eigenvalue weighted by atomic mass is 10.4. The lowest BCUT2D eigenvalue weighted by Gasteiger charge is -2.13. The summed E-state index contributed by atoms with van der Waals surface area (Å²) in [6.45, 7) is 1.63. The second-order valence-corrected chi connectivity index (χ2v) is 7.05. The molecule has 2 amide bonds. The number of halogens is 1. The van der Waals surface area contributed by atoms with Crippen LogP contribution in [0.25, 0.3) is 0 Å². The molecule has 0 spiro atoms. The fourth-order valence-corrected chi connectivity index (χ4v) is 2.44. The van der Waals surface area contributed by atoms with Crippen LogP contribution in [0.4, 0.5) is 4.79 Å². The smallest absolute Gasteiger partial charge is 0.369 e. The molecule has 0 fully saturated rings. The Morgan fingerprint density at radius 1 is 1.38 bits per heavy atom. The first-order chi connectivity index (χ1) is 9.88. The van der Waals surface area contributed by atoms with Gasteiger partial charge in [-0.3, -0.25) is 9.63 Å². The highest BCUT2D eigenvalue weighted by Gasteiger charge is 2.12. The third-order valence-electron chi connectivity index (χ3n) is 1.99. The molecule has 21 heavy (non-hydrogen) atoms. The van der Waals surface area contributed by atoms with Gasteiger partial charge in [0.25, 0.3) is 0 Å². The molecule has 0 unspecified atom stereocenters. The Morgan fingerprint density at radius 2 is 2.00 bits per heavy atom. The molecule has 1 aromatic carbocycles. The quantitative estimate of drug-likeness (QED) is 0.274. The van der Waals surface area contributed by atoms with Crippen molar-refractivity contribution in [3.05, 3.63) is 28.7 Å². The molecular formula is C12H14BrN3O3S2. The minimum absolute atomic E-state index is 0.0936. The van der Waals surface area contributed by atoms with Crippen LogP contribution < -0.4 is 5.73 Å². The number of nitrogens with two attached hydrogens (primary N) is 1. The molecule has 2 N–H and O–H groups in total. The number of amides is 2. The van der Waals surface area contributed by atoms with Crippen LogP contribution in [-0.2, 0) is 9.63 Å². The summed E-state index contributed by atoms with van der Waals surface area (Å²) in [6, 6.07) is 7.50. The largest absolute Gasteiger partial charge is 0.446 e. The summed E-state index contributed by atoms with van der Waals surface area (Å²) in [5.41, 5.74) is 5.00. The molecule has 0 aliphatic carbocycles. The molecule has 6 nitrogen and oxygen atoms in total. The van der Waals surface area contributed by atoms with E-state index >= 15 is 0 Å². The van der Waals surface area contributed by atoms with E-state index in [1.54, 1.807) is 14.0 Å². The molecule has 0 aliphatic heterocycles. The number of primary amides is 1. The third-order valence-corrected chi connectivity index (χ3v) is 4.34. The van der Waals surface area contributed by atoms with Gasteiger partial charge < -0.3 is 5.73 Å². The van der Waals surface area contributed by atoms with E-state index in [-0.39, 0.29) is 5.75 Å². The maximum Gasteiger partial charge on any atom is 0.446 e. The number of hydrogen-bond donors (Lipinski definition) is 1. The highest BCUT2D eigenvalue weighted by atomic mass is 79.9. The summed E-state index contributed by atoms with van der Waals surface area (Å²) >= 11 is 5.67. The Morgan fingerprint density at radius 3 is 2.57 bits per heavy atom. The zero-order chi connectivity index (χ0) is 15.8. The lowest BCUT2D eigenvalue weighted by molar-refractivity contribution is -0.115. The van der Waals surface area contributed by atoms with Crippen molar-refractivity contribution in [1.82, 2.24) is 4.31 Å². The summed E-state index contributed by atoms with van der Waals surface area (Å²) in [7, 11) is 1.58. The summed E-state index contributed by atoms with van der Waals surface area (Å²) in [4.78, 5) is 28.0. The Bertz CT molecular complexity index is 537. The van der Waals surface area contributed by atoms with Gasteiger partial charge >= 0.3 is 6.09 Å². The molecule has 0 bridgehead atoms. The number of oxime groups is 1. The highest BCUT2D eigenvalue weighted by molar-refractivity contribution is 9.10. The van der Waals surface area contributed by atoms with Crippen molar-refractivity contribution in [3.8, 4) is 0 Å². The number of rotatable bonds is 5. The van der Waals surface area contributed by atoms with Crippen molar-refractivity contribution in [2.75, 3.05) is 12.8 Å². The monoisotopic (exact) mass is 391 g/mol. The van der Waals surface area contributed by atoms with Gasteiger partial charge in [-0.05, 0) is 43.1 Å². The first kappa shape index (κ1) is 17.9. The maximum absolute atomic E-state index is 11.7. The van der Waals surface area contributed by atoms with Crippen LogP contribution in [0.1, 0.15) is 6.92 Å². The van der Waals surface area contributed by atoms with E-state index in [0.29, 0.717) is 5.04 Å². The van der Waals surface area contributed by atoms with Crippen molar-refractivity contribution in [2.24, 2.45) is 10.9 Å². The second kappa shape index (κ2) is 8.96. The molecule has 1 aromatic rings. The van der Waals surface area contributed by atoms with Crippen LogP contribution in [0.5, 0.6) is 0 Å². The van der Waals surface area contributed by atoms with Gasteiger partial charge in [-0.2, -0.15) is 0 Å². The molecule has 114 valence electrons. The molecule has 9 heteroatoms. The molecule has 1 rings (SSSR count). The van der Waals surface area contributed by atoms with Crippen LogP contribution >= 0.6 is 39.6 Å². The average molecular weight is 392 g/mol. The van der Waals surface area contributed by atoms with E-state index in [2.05, 4.69) is 21.1 Å². The van der Waals surface area contributed by atoms with Gasteiger partial charge in [0.2, 0.25) is 5.91 Å². The molecular weight excluding hydrogens is 378 g/mol. The van der Waals surface area contributed by atoms with Gasteiger partial charge in [-0.25, -0.2) is 9.10 Å². The zero-order valence-corrected chi connectivity index (χ0v) is 14.6. The molecule has 0 saturated carbocycles. The summed E-state index contributed by atoms with van der Waals surface area (Å²) in [5.74, 6) is -0.361. The van der Waals surface area contributed by atoms with Crippen LogP contribution in [0, 0.1) is 0 Å². The number of carbonyl (C=O) groups excluding carboxylic acids is 2. The minimum atomic E-state index is -0.609. The van der Waals surface area contributed by atoms with Gasteiger partial charge in [-0.15, -0.1) is 0 Å². The molecule has 0 heterocycles. The lowest BCUT2D eigenvalue weighted by Crippen LogP contribution is -2.19. The summed E-state index contributed by atoms with van der Waals surface area (Å²) in [5, 5.41) is 4.08. The van der Waals surface area contributed by atoms with E-state index in [1.807, 2.05) is 24.3 Å². The fourth-order valence-electron chi connectivity index (χ4n) is 1.05. The van der Waals surface area contributed by atoms with Gasteiger partial charge in [0.1, 0.15) is 5.04 Å². The van der Waals surface area contributed by atoms with E-state index in [0.717, 1.165) is 21.1 Å². The highest BCUT2D eigenvalue weighted by Crippen LogP contribution is 2.23. The first-order valence-electron chi connectivity index (χ1n) is 5.72. The predicted molar refractivity (Wildman–Crippen MR) is 89.0 cm³/mol. The van der Waals surface area contributed by atoms with E-state index in [1.165, 1.54) is 16.3 Å². The van der Waals surface area contributed by atoms with E-state index in [9.17, 15) is 9.59 Å². The van der Waals surface area contributed by atoms with Crippen LogP contribution in [0.3, 0.4) is 0 Å². The SMILES string of the molecule is CC(=NOC(=O)N(C)Sc1ccc(Br)cc1)SCC(N)=O. The predicted octanol–water partition coefficient (Wildman–Crippen LogP) is 3.08. The number of nitrogens with zero attached hydrogens (tertiary/aromatic N) is 2. The van der Waals surface area contributed by atoms with Crippen molar-refractivity contribution in [2.45, 2.75) is 11.8 Å². The minimum Gasteiger partial charge on any atom is -0.369 e. The van der Waals surface area contributed by atoms with Gasteiger partial charge in [0, 0.05) is 16.4 Å². The molecule has 0 atom stereocenters. The Balaban J connectivity index is 2.45. The second-order valence-electron chi connectivity index (χ2n) is 3.77. The standard InChI is InChI=1S/C12H14BrN3O3S2/c1-8(20-7-11(14)17)15-19-12(18)16(2)21-10-5-3-9(13)4-6-10/h3-6H,7H2,1-2H3,(H2,14,17). The molecule has 0 saturated heterocycles. The Kier molecular flexibility index (Phi) is 7.62. The number of benzene rings is 1. The number of carbonyl (C=O) groups is 2. The van der Waals surface area contributed by atoms with Crippen LogP contribution in [0.15, 0.2) is 38.8 Å². The van der Waals surface area contributed by atoms with Crippen LogP contribution in [0.2, 0.25) is 0 Å². The van der Waals surface area contributed by atoms with E-state index in [4.69, 9.17) is 10.6 Å². The van der Waals surface area contributed by atoms with E-state index < -0.39 is 12.0 Å². The molecule has 0 radical (unpaired) electrons. The van der Waals surface area contributed by atoms with Gasteiger partial charge in [0.05, 0.1) is 5.75 Å². The zero-order valence-electron chi connectivity index (χ0n) is 11.4. The van der Waals surface area contributed by atoms with Crippen molar-refractivity contribution in [3.63, 3.8) is 0 Å². The van der Waals surface area contributed by atoms with Gasteiger partial charge in [0.15, 0.2) is 0 Å². The fraction of sp³-hybridized carbons (Fsp3) is 0.250. The molecule has 0 aliphatic rings. The van der Waals surface area contributed by atoms with Crippen molar-refractivity contribution >= 4 is 56.7 Å². The Hall–Kier alpha value is -1.19. The first-order valence-corrected chi connectivity index (χ1v) is 8.27.